The summed E-state index contributed by atoms with van der Waals surface area (Å²) < 4.78 is 38.3. The molecule has 15 nitrogen and oxygen atoms in total. The molecular formula is C23H31N8O7P. The van der Waals surface area contributed by atoms with Crippen molar-refractivity contribution in [2.75, 3.05) is 11.5 Å². The highest BCUT2D eigenvalue weighted by Gasteiger charge is 2.83. The Morgan fingerprint density at radius 1 is 1.23 bits per heavy atom. The Bertz CT molecular complexity index is 1450. The molecular weight excluding hydrogens is 531 g/mol. The quantitative estimate of drug-likeness (QED) is 0.180. The van der Waals surface area contributed by atoms with Crippen LogP contribution in [0.15, 0.2) is 36.7 Å². The Labute approximate surface area is 223 Å². The lowest BCUT2D eigenvalue weighted by molar-refractivity contribution is -0.149. The number of carbonyl (C=O) groups excluding carboxylic acids is 1. The molecule has 2 fully saturated rings. The van der Waals surface area contributed by atoms with E-state index in [2.05, 4.69) is 20.0 Å². The van der Waals surface area contributed by atoms with Crippen LogP contribution in [-0.4, -0.2) is 66.1 Å². The number of ether oxygens (including phenoxy) is 2. The molecule has 2 aliphatic rings. The summed E-state index contributed by atoms with van der Waals surface area (Å²) in [5.41, 5.74) is 15.6. The van der Waals surface area contributed by atoms with Crippen molar-refractivity contribution < 1.29 is 33.0 Å². The van der Waals surface area contributed by atoms with Crippen molar-refractivity contribution in [1.82, 2.24) is 24.6 Å². The molecule has 0 amide bonds. The summed E-state index contributed by atoms with van der Waals surface area (Å²) in [5.74, 6) is -0.440. The Hall–Kier alpha value is -3.33. The van der Waals surface area contributed by atoms with Gasteiger partial charge in [0.15, 0.2) is 17.7 Å². The smallest absolute Gasteiger partial charge is 0.459 e. The Morgan fingerprint density at radius 3 is 2.54 bits per heavy atom. The van der Waals surface area contributed by atoms with Crippen LogP contribution in [0.4, 0.5) is 11.8 Å². The summed E-state index contributed by atoms with van der Waals surface area (Å²) in [7, 11) is -4.29. The maximum atomic E-state index is 13.9. The molecule has 5 rings (SSSR count). The summed E-state index contributed by atoms with van der Waals surface area (Å²) in [6.07, 6.45) is -2.12. The maximum absolute atomic E-state index is 13.9. The van der Waals surface area contributed by atoms with E-state index in [9.17, 15) is 14.5 Å². The second-order valence-corrected chi connectivity index (χ2v) is 11.7. The predicted octanol–water partition coefficient (Wildman–Crippen LogP) is 0.852. The number of nitrogens with one attached hydrogen (secondary N) is 1. The molecule has 7 atom stereocenters. The minimum Gasteiger partial charge on any atom is -0.462 e. The minimum atomic E-state index is -4.29. The first kappa shape index (κ1) is 27.2. The third-order valence-electron chi connectivity index (χ3n) is 6.68. The molecule has 1 saturated carbocycles. The average molecular weight is 563 g/mol. The summed E-state index contributed by atoms with van der Waals surface area (Å²) >= 11 is 0. The van der Waals surface area contributed by atoms with Crippen molar-refractivity contribution in [2.45, 2.75) is 69.4 Å². The molecule has 1 saturated heterocycles. The fourth-order valence-corrected chi connectivity index (χ4v) is 6.38. The number of hydrogen-bond donors (Lipinski definition) is 5. The van der Waals surface area contributed by atoms with Crippen LogP contribution in [0.5, 0.6) is 5.75 Å². The zero-order valence-electron chi connectivity index (χ0n) is 21.7. The summed E-state index contributed by atoms with van der Waals surface area (Å²) in [4.78, 5) is 24.7. The van der Waals surface area contributed by atoms with Crippen LogP contribution >= 0.6 is 7.75 Å². The molecule has 39 heavy (non-hydrogen) atoms. The van der Waals surface area contributed by atoms with Gasteiger partial charge >= 0.3 is 13.7 Å². The maximum Gasteiger partial charge on any atom is 0.459 e. The van der Waals surface area contributed by atoms with Crippen LogP contribution in [0.25, 0.3) is 11.2 Å². The number of imidazole rings is 1. The zero-order chi connectivity index (χ0) is 28.3. The number of rotatable bonds is 9. The first-order chi connectivity index (χ1) is 18.3. The third-order valence-corrected chi connectivity index (χ3v) is 8.34. The lowest BCUT2D eigenvalue weighted by Crippen LogP contribution is -2.56. The monoisotopic (exact) mass is 562 g/mol. The van der Waals surface area contributed by atoms with Gasteiger partial charge < -0.3 is 36.3 Å². The van der Waals surface area contributed by atoms with Gasteiger partial charge in [0, 0.05) is 0 Å². The van der Waals surface area contributed by atoms with Gasteiger partial charge in [-0.15, -0.1) is 0 Å². The number of fused-ring (bicyclic) bond motifs is 2. The largest absolute Gasteiger partial charge is 0.462 e. The molecule has 3 aromatic rings. The van der Waals surface area contributed by atoms with Gasteiger partial charge in [-0.1, -0.05) is 18.2 Å². The van der Waals surface area contributed by atoms with Gasteiger partial charge in [-0.25, -0.2) is 9.55 Å². The van der Waals surface area contributed by atoms with E-state index in [0.717, 1.165) is 0 Å². The van der Waals surface area contributed by atoms with E-state index in [4.69, 9.17) is 35.7 Å². The summed E-state index contributed by atoms with van der Waals surface area (Å²) in [6.45, 7) is 6.40. The van der Waals surface area contributed by atoms with Gasteiger partial charge in [0.2, 0.25) is 5.95 Å². The molecule has 2 unspecified atom stereocenters. The van der Waals surface area contributed by atoms with E-state index < -0.39 is 49.3 Å². The molecule has 0 bridgehead atoms. The summed E-state index contributed by atoms with van der Waals surface area (Å²) in [6, 6.07) is 7.18. The van der Waals surface area contributed by atoms with Gasteiger partial charge in [0.25, 0.3) is 0 Å². The van der Waals surface area contributed by atoms with Crippen molar-refractivity contribution in [1.29, 1.82) is 0 Å². The van der Waals surface area contributed by atoms with E-state index in [0.29, 0.717) is 0 Å². The molecule has 3 heterocycles. The van der Waals surface area contributed by atoms with Crippen LogP contribution in [-0.2, 0) is 23.4 Å². The molecule has 8 N–H and O–H groups in total. The number of nitrogens with zero attached hydrogens (tertiary/aromatic N) is 4. The highest BCUT2D eigenvalue weighted by Crippen LogP contribution is 2.64. The van der Waals surface area contributed by atoms with Crippen LogP contribution in [0.3, 0.4) is 0 Å². The van der Waals surface area contributed by atoms with Crippen molar-refractivity contribution in [3.8, 4) is 5.75 Å². The number of aromatic nitrogens is 4. The molecule has 0 spiro atoms. The first-order valence-electron chi connectivity index (χ1n) is 12.2. The Balaban J connectivity index is 1.40. The van der Waals surface area contributed by atoms with Gasteiger partial charge in [0.05, 0.1) is 18.0 Å². The van der Waals surface area contributed by atoms with E-state index in [1.807, 2.05) is 0 Å². The molecule has 16 heteroatoms. The second-order valence-electron chi connectivity index (χ2n) is 10.1. The molecule has 1 aliphatic heterocycles. The number of nitrogens with two attached hydrogens (primary N) is 3. The van der Waals surface area contributed by atoms with E-state index in [-0.39, 0.29) is 34.8 Å². The number of benzene rings is 1. The number of esters is 1. The lowest BCUT2D eigenvalue weighted by atomic mass is 9.92. The minimum absolute atomic E-state index is 0.0706. The number of aliphatic hydroxyl groups is 1. The van der Waals surface area contributed by atoms with E-state index >= 15 is 0 Å². The lowest BCUT2D eigenvalue weighted by Gasteiger charge is -2.34. The van der Waals surface area contributed by atoms with E-state index in [1.54, 1.807) is 51.1 Å². The predicted molar refractivity (Wildman–Crippen MR) is 139 cm³/mol. The van der Waals surface area contributed by atoms with Crippen LogP contribution in [0, 0.1) is 0 Å². The molecule has 210 valence electrons. The fourth-order valence-electron chi connectivity index (χ4n) is 4.67. The SMILES string of the molecule is CC(C)OC(=O)[C@@H](C)NP(=O)(Oc1ccccc1)OC1[C@H]2O[C@@H](n3cnc4c(N)nc(N)nc43)[C@](C)(N)[C@@]12O. The number of hydrogen-bond acceptors (Lipinski definition) is 13. The van der Waals surface area contributed by atoms with Gasteiger partial charge in [0.1, 0.15) is 35.1 Å². The van der Waals surface area contributed by atoms with Crippen LogP contribution in [0.2, 0.25) is 0 Å². The highest BCUT2D eigenvalue weighted by atomic mass is 31.2. The van der Waals surface area contributed by atoms with Crippen LogP contribution < -0.4 is 26.8 Å². The van der Waals surface area contributed by atoms with Gasteiger partial charge in [-0.2, -0.15) is 15.1 Å². The van der Waals surface area contributed by atoms with Crippen molar-refractivity contribution >= 4 is 36.6 Å². The van der Waals surface area contributed by atoms with E-state index in [1.165, 1.54) is 17.8 Å². The average Bonchev–Trinajstić information content (AvgIpc) is 3.10. The standard InChI is InChI=1S/C23H31N8O7P/c1-11(2)35-19(32)12(3)30-39(34,37-13-8-6-5-7-9-13)38-16-15-23(16,33)22(4,26)20(36-15)31-10-27-14-17(24)28-21(25)29-18(14)31/h5-12,15-16,20,33H,26H2,1-4H3,(H,30,34)(H4,24,25,28,29)/t12-,15-,16?,20-,22+,23+,39?/m1/s1. The van der Waals surface area contributed by atoms with Crippen LogP contribution in [0.1, 0.15) is 33.9 Å². The summed E-state index contributed by atoms with van der Waals surface area (Å²) in [5, 5.41) is 14.2. The van der Waals surface area contributed by atoms with Gasteiger partial charge in [-0.05, 0) is 39.8 Å². The van der Waals surface area contributed by atoms with Gasteiger partial charge in [-0.3, -0.25) is 13.9 Å². The number of anilines is 2. The fraction of sp³-hybridized carbons (Fsp3) is 0.478. The third kappa shape index (κ3) is 4.60. The molecule has 2 aromatic heterocycles. The normalized spacial score (nSPS) is 30.1. The Kier molecular flexibility index (Phi) is 6.57. The second kappa shape index (κ2) is 9.40. The Morgan fingerprint density at radius 2 is 1.92 bits per heavy atom. The van der Waals surface area contributed by atoms with Crippen molar-refractivity contribution in [3.63, 3.8) is 0 Å². The molecule has 0 radical (unpaired) electrons. The highest BCUT2D eigenvalue weighted by molar-refractivity contribution is 7.52. The van der Waals surface area contributed by atoms with Crippen molar-refractivity contribution in [2.24, 2.45) is 5.73 Å². The van der Waals surface area contributed by atoms with Crippen molar-refractivity contribution in [3.05, 3.63) is 36.7 Å². The number of para-hydroxylation sites is 1. The topological polar surface area (TPSA) is 225 Å². The molecule has 1 aromatic carbocycles. The number of nitrogen functional groups attached to an aromatic ring is 2. The number of carbonyl (C=O) groups is 1. The molecule has 1 aliphatic carbocycles. The first-order valence-corrected chi connectivity index (χ1v) is 13.7. The zero-order valence-corrected chi connectivity index (χ0v) is 22.6.